The summed E-state index contributed by atoms with van der Waals surface area (Å²) in [6, 6.07) is 6.40. The van der Waals surface area contributed by atoms with Crippen LogP contribution in [0.2, 0.25) is 0 Å². The van der Waals surface area contributed by atoms with Gasteiger partial charge in [0.05, 0.1) is 17.9 Å². The number of sulfone groups is 1. The van der Waals surface area contributed by atoms with Gasteiger partial charge < -0.3 is 9.64 Å². The number of aryl methyl sites for hydroxylation is 2. The van der Waals surface area contributed by atoms with Crippen LogP contribution in [0.4, 0.5) is 0 Å². The Morgan fingerprint density at radius 3 is 2.69 bits per heavy atom. The summed E-state index contributed by atoms with van der Waals surface area (Å²) < 4.78 is 30.6. The van der Waals surface area contributed by atoms with Crippen molar-refractivity contribution < 1.29 is 17.9 Å². The second-order valence-corrected chi connectivity index (χ2v) is 10.3. The average Bonchev–Trinajstić information content (AvgIpc) is 3.16. The van der Waals surface area contributed by atoms with Gasteiger partial charge in [-0.05, 0) is 44.7 Å². The molecule has 0 saturated carbocycles. The van der Waals surface area contributed by atoms with E-state index in [0.29, 0.717) is 36.3 Å². The summed E-state index contributed by atoms with van der Waals surface area (Å²) in [5.41, 5.74) is 2.47. The minimum atomic E-state index is -3.28. The topological polar surface area (TPSA) is 107 Å². The SMILES string of the molecule is CSc1nc2nc(C)c(CC(=O)N(C)CCCOc3cccc(S(C)(=O)=O)c3)c(C)n2n1. The summed E-state index contributed by atoms with van der Waals surface area (Å²) in [7, 11) is -1.53. The van der Waals surface area contributed by atoms with Crippen LogP contribution in [-0.2, 0) is 21.1 Å². The average molecular weight is 478 g/mol. The Balaban J connectivity index is 1.56. The maximum Gasteiger partial charge on any atom is 0.253 e. The molecule has 0 aliphatic rings. The van der Waals surface area contributed by atoms with Crippen molar-refractivity contribution >= 4 is 33.3 Å². The van der Waals surface area contributed by atoms with E-state index in [9.17, 15) is 13.2 Å². The van der Waals surface area contributed by atoms with Gasteiger partial charge in [0.2, 0.25) is 11.1 Å². The Bertz CT molecular complexity index is 1240. The van der Waals surface area contributed by atoms with Crippen molar-refractivity contribution in [3.8, 4) is 5.75 Å². The Kier molecular flexibility index (Phi) is 7.40. The van der Waals surface area contributed by atoms with Gasteiger partial charge in [0, 0.05) is 36.8 Å². The predicted molar refractivity (Wildman–Crippen MR) is 123 cm³/mol. The molecule has 1 amide bonds. The first kappa shape index (κ1) is 24.0. The molecule has 0 atom stereocenters. The van der Waals surface area contributed by atoms with Gasteiger partial charge in [-0.25, -0.2) is 17.9 Å². The second-order valence-electron chi connectivity index (χ2n) is 7.51. The third-order valence-corrected chi connectivity index (χ3v) is 6.75. The van der Waals surface area contributed by atoms with Gasteiger partial charge in [0.1, 0.15) is 5.75 Å². The molecular formula is C21H27N5O4S2. The van der Waals surface area contributed by atoms with Gasteiger partial charge in [-0.1, -0.05) is 17.8 Å². The van der Waals surface area contributed by atoms with Crippen molar-refractivity contribution in [1.82, 2.24) is 24.5 Å². The standard InChI is InChI=1S/C21H27N5O4S2/c1-14-18(15(2)26-20(22-14)23-21(24-26)31-4)13-19(27)25(3)10-7-11-30-16-8-6-9-17(12-16)32(5,28)29/h6,8-9,12H,7,10-11,13H2,1-5H3. The summed E-state index contributed by atoms with van der Waals surface area (Å²) >= 11 is 1.45. The minimum Gasteiger partial charge on any atom is -0.493 e. The molecule has 3 rings (SSSR count). The van der Waals surface area contributed by atoms with Gasteiger partial charge in [0.25, 0.3) is 5.78 Å². The van der Waals surface area contributed by atoms with E-state index in [1.54, 1.807) is 28.6 Å². The Hall–Kier alpha value is -2.66. The van der Waals surface area contributed by atoms with Gasteiger partial charge in [-0.2, -0.15) is 4.98 Å². The van der Waals surface area contributed by atoms with Crippen molar-refractivity contribution in [1.29, 1.82) is 0 Å². The Labute approximate surface area is 192 Å². The Morgan fingerprint density at radius 2 is 2.00 bits per heavy atom. The highest BCUT2D eigenvalue weighted by molar-refractivity contribution is 7.98. The molecule has 0 fully saturated rings. The van der Waals surface area contributed by atoms with Crippen LogP contribution < -0.4 is 4.74 Å². The molecule has 1 aromatic carbocycles. The summed E-state index contributed by atoms with van der Waals surface area (Å²) in [5.74, 6) is 0.998. The number of rotatable bonds is 9. The van der Waals surface area contributed by atoms with E-state index in [0.717, 1.165) is 23.2 Å². The molecule has 2 aromatic heterocycles. The molecule has 0 bridgehead atoms. The number of nitrogens with zero attached hydrogens (tertiary/aromatic N) is 5. The van der Waals surface area contributed by atoms with E-state index in [1.807, 2.05) is 20.1 Å². The smallest absolute Gasteiger partial charge is 0.253 e. The number of fused-ring (bicyclic) bond motifs is 1. The lowest BCUT2D eigenvalue weighted by molar-refractivity contribution is -0.129. The first-order valence-corrected chi connectivity index (χ1v) is 13.2. The number of carbonyl (C=O) groups excluding carboxylic acids is 1. The number of ether oxygens (including phenoxy) is 1. The molecule has 9 nitrogen and oxygen atoms in total. The highest BCUT2D eigenvalue weighted by Gasteiger charge is 2.18. The predicted octanol–water partition coefficient (Wildman–Crippen LogP) is 2.34. The maximum atomic E-state index is 12.8. The summed E-state index contributed by atoms with van der Waals surface area (Å²) in [5, 5.41) is 5.06. The largest absolute Gasteiger partial charge is 0.493 e. The van der Waals surface area contributed by atoms with E-state index >= 15 is 0 Å². The fourth-order valence-electron chi connectivity index (χ4n) is 3.23. The lowest BCUT2D eigenvalue weighted by Gasteiger charge is -2.19. The van der Waals surface area contributed by atoms with Crippen LogP contribution in [0.1, 0.15) is 23.4 Å². The minimum absolute atomic E-state index is 0.0263. The van der Waals surface area contributed by atoms with Crippen LogP contribution in [-0.4, -0.2) is 71.5 Å². The van der Waals surface area contributed by atoms with Crippen LogP contribution in [0, 0.1) is 13.8 Å². The molecule has 0 spiro atoms. The fourth-order valence-corrected chi connectivity index (χ4v) is 4.22. The molecular weight excluding hydrogens is 450 g/mol. The number of likely N-dealkylation sites (N-methyl/N-ethyl adjacent to an activating group) is 1. The van der Waals surface area contributed by atoms with E-state index in [4.69, 9.17) is 4.74 Å². The van der Waals surface area contributed by atoms with E-state index < -0.39 is 9.84 Å². The molecule has 0 aliphatic heterocycles. The molecule has 32 heavy (non-hydrogen) atoms. The first-order valence-electron chi connectivity index (χ1n) is 10.0. The summed E-state index contributed by atoms with van der Waals surface area (Å²) in [6.45, 7) is 4.67. The normalized spacial score (nSPS) is 11.7. The number of thioether (sulfide) groups is 1. The third kappa shape index (κ3) is 5.57. The molecule has 0 aliphatic carbocycles. The van der Waals surface area contributed by atoms with Crippen LogP contribution in [0.3, 0.4) is 0 Å². The molecule has 0 unspecified atom stereocenters. The fraction of sp³-hybridized carbons (Fsp3) is 0.429. The first-order chi connectivity index (χ1) is 15.1. The van der Waals surface area contributed by atoms with E-state index in [1.165, 1.54) is 23.9 Å². The van der Waals surface area contributed by atoms with E-state index in [2.05, 4.69) is 15.1 Å². The second kappa shape index (κ2) is 9.86. The maximum absolute atomic E-state index is 12.8. The lowest BCUT2D eigenvalue weighted by atomic mass is 10.1. The highest BCUT2D eigenvalue weighted by Crippen LogP contribution is 2.19. The quantitative estimate of drug-likeness (QED) is 0.341. The molecule has 3 aromatic rings. The Morgan fingerprint density at radius 1 is 1.25 bits per heavy atom. The third-order valence-electron chi connectivity index (χ3n) is 5.11. The molecule has 172 valence electrons. The van der Waals surface area contributed by atoms with Crippen molar-refractivity contribution in [3.63, 3.8) is 0 Å². The molecule has 0 radical (unpaired) electrons. The molecule has 11 heteroatoms. The van der Waals surface area contributed by atoms with Gasteiger partial charge in [0.15, 0.2) is 9.84 Å². The highest BCUT2D eigenvalue weighted by atomic mass is 32.2. The van der Waals surface area contributed by atoms with Crippen LogP contribution >= 0.6 is 11.8 Å². The number of benzene rings is 1. The number of hydrogen-bond donors (Lipinski definition) is 0. The number of aromatic nitrogens is 4. The molecule has 2 heterocycles. The zero-order chi connectivity index (χ0) is 23.5. The number of amides is 1. The van der Waals surface area contributed by atoms with E-state index in [-0.39, 0.29) is 17.2 Å². The zero-order valence-corrected chi connectivity index (χ0v) is 20.5. The lowest BCUT2D eigenvalue weighted by Crippen LogP contribution is -2.30. The van der Waals surface area contributed by atoms with Crippen LogP contribution in [0.5, 0.6) is 5.75 Å². The van der Waals surface area contributed by atoms with Gasteiger partial charge >= 0.3 is 0 Å². The number of carbonyl (C=O) groups is 1. The van der Waals surface area contributed by atoms with Crippen LogP contribution in [0.25, 0.3) is 5.78 Å². The van der Waals surface area contributed by atoms with Crippen molar-refractivity contribution in [3.05, 3.63) is 41.2 Å². The van der Waals surface area contributed by atoms with Crippen LogP contribution in [0.15, 0.2) is 34.3 Å². The zero-order valence-electron chi connectivity index (χ0n) is 18.8. The molecule has 0 N–H and O–H groups in total. The number of hydrogen-bond acceptors (Lipinski definition) is 8. The van der Waals surface area contributed by atoms with Gasteiger partial charge in [-0.15, -0.1) is 5.10 Å². The van der Waals surface area contributed by atoms with Crippen molar-refractivity contribution in [2.24, 2.45) is 0 Å². The summed E-state index contributed by atoms with van der Waals surface area (Å²) in [4.78, 5) is 23.5. The monoisotopic (exact) mass is 477 g/mol. The summed E-state index contributed by atoms with van der Waals surface area (Å²) in [6.07, 6.45) is 3.90. The van der Waals surface area contributed by atoms with Crippen molar-refractivity contribution in [2.45, 2.75) is 36.7 Å². The molecule has 0 saturated heterocycles. The van der Waals surface area contributed by atoms with Crippen molar-refractivity contribution in [2.75, 3.05) is 32.7 Å². The van der Waals surface area contributed by atoms with Gasteiger partial charge in [-0.3, -0.25) is 4.79 Å².